The molecule has 0 spiro atoms. The SMILES string of the molecule is COC(=O)c1c(Cl)ccc(SC(C)C)c1N. The molecule has 2 N–H and O–H groups in total. The lowest BCUT2D eigenvalue weighted by Crippen LogP contribution is -2.08. The quantitative estimate of drug-likeness (QED) is 0.515. The molecule has 0 bridgehead atoms. The minimum absolute atomic E-state index is 0.245. The molecule has 0 amide bonds. The topological polar surface area (TPSA) is 52.3 Å². The number of nitrogen functional groups attached to an aromatic ring is 1. The van der Waals surface area contributed by atoms with Crippen LogP contribution in [0.1, 0.15) is 24.2 Å². The third-order valence-corrected chi connectivity index (χ3v) is 3.30. The maximum Gasteiger partial charge on any atom is 0.341 e. The molecule has 5 heteroatoms. The molecule has 1 aromatic carbocycles. The van der Waals surface area contributed by atoms with Gasteiger partial charge >= 0.3 is 5.97 Å². The highest BCUT2D eigenvalue weighted by atomic mass is 35.5. The molecule has 0 heterocycles. The molecule has 1 aromatic rings. The van der Waals surface area contributed by atoms with Gasteiger partial charge in [-0.25, -0.2) is 4.79 Å². The summed E-state index contributed by atoms with van der Waals surface area (Å²) >= 11 is 7.51. The lowest BCUT2D eigenvalue weighted by molar-refractivity contribution is 0.0602. The summed E-state index contributed by atoms with van der Waals surface area (Å²) in [5, 5.41) is 0.700. The first-order valence-electron chi connectivity index (χ1n) is 4.80. The van der Waals surface area contributed by atoms with Crippen LogP contribution in [0.2, 0.25) is 5.02 Å². The minimum atomic E-state index is -0.506. The van der Waals surface area contributed by atoms with E-state index in [1.165, 1.54) is 7.11 Å². The van der Waals surface area contributed by atoms with Gasteiger partial charge in [0.25, 0.3) is 0 Å². The Labute approximate surface area is 104 Å². The summed E-state index contributed by atoms with van der Waals surface area (Å²) in [7, 11) is 1.31. The number of ether oxygens (including phenoxy) is 1. The van der Waals surface area contributed by atoms with Gasteiger partial charge in [-0.3, -0.25) is 0 Å². The number of carbonyl (C=O) groups excluding carboxylic acids is 1. The number of benzene rings is 1. The van der Waals surface area contributed by atoms with Crippen LogP contribution in [0.15, 0.2) is 17.0 Å². The van der Waals surface area contributed by atoms with Crippen LogP contribution >= 0.6 is 23.4 Å². The molecule has 0 radical (unpaired) electrons. The van der Waals surface area contributed by atoms with Gasteiger partial charge in [-0.1, -0.05) is 25.4 Å². The molecule has 88 valence electrons. The van der Waals surface area contributed by atoms with Gasteiger partial charge in [0.2, 0.25) is 0 Å². The molecular formula is C11H14ClNO2S. The van der Waals surface area contributed by atoms with Crippen LogP contribution in [0.4, 0.5) is 5.69 Å². The second kappa shape index (κ2) is 5.46. The first-order chi connectivity index (χ1) is 7.47. The van der Waals surface area contributed by atoms with E-state index >= 15 is 0 Å². The normalized spacial score (nSPS) is 10.6. The van der Waals surface area contributed by atoms with Crippen LogP contribution in [0.25, 0.3) is 0 Å². The average molecular weight is 260 g/mol. The monoisotopic (exact) mass is 259 g/mol. The number of nitrogens with two attached hydrogens (primary N) is 1. The smallest absolute Gasteiger partial charge is 0.341 e. The Bertz CT molecular complexity index is 407. The molecular weight excluding hydrogens is 246 g/mol. The molecule has 0 saturated heterocycles. The Morgan fingerprint density at radius 2 is 2.12 bits per heavy atom. The molecule has 0 unspecified atom stereocenters. The maximum atomic E-state index is 11.5. The number of methoxy groups -OCH3 is 1. The summed E-state index contributed by atoms with van der Waals surface area (Å²) < 4.78 is 4.65. The number of hydrogen-bond acceptors (Lipinski definition) is 4. The Balaban J connectivity index is 3.21. The van der Waals surface area contributed by atoms with E-state index in [0.29, 0.717) is 16.0 Å². The number of thioether (sulfide) groups is 1. The first kappa shape index (κ1) is 13.2. The average Bonchev–Trinajstić information content (AvgIpc) is 2.21. The lowest BCUT2D eigenvalue weighted by atomic mass is 10.2. The second-order valence-corrected chi connectivity index (χ2v) is 5.52. The maximum absolute atomic E-state index is 11.5. The molecule has 0 saturated carbocycles. The molecule has 0 aliphatic rings. The van der Waals surface area contributed by atoms with E-state index in [2.05, 4.69) is 18.6 Å². The molecule has 3 nitrogen and oxygen atoms in total. The molecule has 0 atom stereocenters. The van der Waals surface area contributed by atoms with E-state index in [0.717, 1.165) is 4.90 Å². The van der Waals surface area contributed by atoms with Crippen LogP contribution < -0.4 is 5.73 Å². The lowest BCUT2D eigenvalue weighted by Gasteiger charge is -2.12. The highest BCUT2D eigenvalue weighted by Gasteiger charge is 2.18. The van der Waals surface area contributed by atoms with Crippen LogP contribution in [0.3, 0.4) is 0 Å². The van der Waals surface area contributed by atoms with Crippen molar-refractivity contribution < 1.29 is 9.53 Å². The van der Waals surface area contributed by atoms with Crippen molar-refractivity contribution >= 4 is 35.0 Å². The number of hydrogen-bond donors (Lipinski definition) is 1. The highest BCUT2D eigenvalue weighted by Crippen LogP contribution is 2.34. The largest absolute Gasteiger partial charge is 0.465 e. The minimum Gasteiger partial charge on any atom is -0.465 e. The van der Waals surface area contributed by atoms with E-state index in [1.807, 2.05) is 6.07 Å². The zero-order valence-electron chi connectivity index (χ0n) is 9.41. The van der Waals surface area contributed by atoms with Crippen molar-refractivity contribution in [1.29, 1.82) is 0 Å². The predicted octanol–water partition coefficient (Wildman–Crippen LogP) is 3.21. The van der Waals surface area contributed by atoms with Gasteiger partial charge in [-0.05, 0) is 12.1 Å². The summed E-state index contributed by atoms with van der Waals surface area (Å²) in [6, 6.07) is 3.48. The molecule has 0 aliphatic carbocycles. The van der Waals surface area contributed by atoms with Crippen molar-refractivity contribution in [3.8, 4) is 0 Å². The van der Waals surface area contributed by atoms with Gasteiger partial charge < -0.3 is 10.5 Å². The van der Waals surface area contributed by atoms with Crippen LogP contribution in [0.5, 0.6) is 0 Å². The van der Waals surface area contributed by atoms with Crippen molar-refractivity contribution in [3.05, 3.63) is 22.7 Å². The Morgan fingerprint density at radius 1 is 1.50 bits per heavy atom. The standard InChI is InChI=1S/C11H14ClNO2S/c1-6(2)16-8-5-4-7(12)9(10(8)13)11(14)15-3/h4-6H,13H2,1-3H3. The van der Waals surface area contributed by atoms with Crippen molar-refractivity contribution in [2.75, 3.05) is 12.8 Å². The number of carbonyl (C=O) groups is 1. The van der Waals surface area contributed by atoms with Crippen LogP contribution in [-0.2, 0) is 4.74 Å². The van der Waals surface area contributed by atoms with Gasteiger partial charge in [-0.2, -0.15) is 0 Å². The fraction of sp³-hybridized carbons (Fsp3) is 0.364. The van der Waals surface area contributed by atoms with Gasteiger partial charge in [0.1, 0.15) is 5.56 Å². The molecule has 0 aliphatic heterocycles. The van der Waals surface area contributed by atoms with Crippen LogP contribution in [-0.4, -0.2) is 18.3 Å². The van der Waals surface area contributed by atoms with Crippen molar-refractivity contribution in [2.24, 2.45) is 0 Å². The summed E-state index contributed by atoms with van der Waals surface area (Å²) in [5.74, 6) is -0.506. The van der Waals surface area contributed by atoms with Crippen molar-refractivity contribution in [1.82, 2.24) is 0 Å². The molecule has 0 aromatic heterocycles. The fourth-order valence-electron chi connectivity index (χ4n) is 1.24. The second-order valence-electron chi connectivity index (χ2n) is 3.49. The number of esters is 1. The first-order valence-corrected chi connectivity index (χ1v) is 6.06. The van der Waals surface area contributed by atoms with Crippen molar-refractivity contribution in [2.45, 2.75) is 24.0 Å². The zero-order valence-corrected chi connectivity index (χ0v) is 11.0. The van der Waals surface area contributed by atoms with E-state index in [-0.39, 0.29) is 5.56 Å². The third-order valence-electron chi connectivity index (χ3n) is 1.91. The van der Waals surface area contributed by atoms with E-state index in [1.54, 1.807) is 17.8 Å². The Morgan fingerprint density at radius 3 is 2.62 bits per heavy atom. The Hall–Kier alpha value is -0.870. The van der Waals surface area contributed by atoms with E-state index < -0.39 is 5.97 Å². The number of rotatable bonds is 3. The highest BCUT2D eigenvalue weighted by molar-refractivity contribution is 8.00. The van der Waals surface area contributed by atoms with E-state index in [4.69, 9.17) is 17.3 Å². The molecule has 1 rings (SSSR count). The fourth-order valence-corrected chi connectivity index (χ4v) is 2.37. The number of anilines is 1. The van der Waals surface area contributed by atoms with Gasteiger partial charge in [0.05, 0.1) is 17.8 Å². The predicted molar refractivity (Wildman–Crippen MR) is 68.2 cm³/mol. The number of halogens is 1. The third kappa shape index (κ3) is 2.83. The van der Waals surface area contributed by atoms with Gasteiger partial charge in [-0.15, -0.1) is 11.8 Å². The zero-order chi connectivity index (χ0) is 12.3. The van der Waals surface area contributed by atoms with Crippen molar-refractivity contribution in [3.63, 3.8) is 0 Å². The summed E-state index contributed by atoms with van der Waals surface area (Å²) in [5.41, 5.74) is 6.54. The summed E-state index contributed by atoms with van der Waals surface area (Å²) in [4.78, 5) is 12.3. The molecule has 16 heavy (non-hydrogen) atoms. The Kier molecular flexibility index (Phi) is 4.50. The van der Waals surface area contributed by atoms with Crippen LogP contribution in [0, 0.1) is 0 Å². The van der Waals surface area contributed by atoms with Gasteiger partial charge in [0.15, 0.2) is 0 Å². The summed E-state index contributed by atoms with van der Waals surface area (Å²) in [6.07, 6.45) is 0. The summed E-state index contributed by atoms with van der Waals surface area (Å²) in [6.45, 7) is 4.10. The van der Waals surface area contributed by atoms with E-state index in [9.17, 15) is 4.79 Å². The molecule has 0 fully saturated rings. The van der Waals surface area contributed by atoms with Gasteiger partial charge in [0, 0.05) is 10.1 Å².